The molecule has 4 aliphatic heterocycles. The number of amides is 3. The molecule has 7 nitrogen and oxygen atoms in total. The zero-order valence-electron chi connectivity index (χ0n) is 21.5. The van der Waals surface area contributed by atoms with Crippen molar-refractivity contribution in [3.05, 3.63) is 54.6 Å². The molecule has 2 fully saturated rings. The van der Waals surface area contributed by atoms with Gasteiger partial charge in [-0.15, -0.1) is 11.8 Å². The average Bonchev–Trinajstić information content (AvgIpc) is 3.21. The number of carbonyl (C=O) groups is 3. The summed E-state index contributed by atoms with van der Waals surface area (Å²) >= 11 is 1.62. The summed E-state index contributed by atoms with van der Waals surface area (Å²) < 4.78 is -0.776. The van der Waals surface area contributed by atoms with E-state index in [1.165, 1.54) is 0 Å². The molecule has 1 aromatic rings. The van der Waals surface area contributed by atoms with Crippen molar-refractivity contribution in [2.45, 2.75) is 55.1 Å². The number of fused-ring (bicyclic) bond motifs is 2. The Kier molecular flexibility index (Phi) is 7.77. The molecule has 4 aliphatic rings. The first-order valence-corrected chi connectivity index (χ1v) is 14.5. The maximum Gasteiger partial charge on any atom is 0.247 e. The Bertz CT molecular complexity index is 1080. The summed E-state index contributed by atoms with van der Waals surface area (Å²) in [6.45, 7) is 4.27. The van der Waals surface area contributed by atoms with E-state index in [0.717, 1.165) is 24.9 Å². The number of carbonyl (C=O) groups excluding carboxylic acids is 3. The molecule has 198 valence electrons. The van der Waals surface area contributed by atoms with Crippen molar-refractivity contribution in [3.8, 4) is 0 Å². The quantitative estimate of drug-likeness (QED) is 0.397. The van der Waals surface area contributed by atoms with Gasteiger partial charge in [-0.3, -0.25) is 14.4 Å². The van der Waals surface area contributed by atoms with Crippen LogP contribution in [0.25, 0.3) is 0 Å². The van der Waals surface area contributed by atoms with E-state index >= 15 is 0 Å². The molecule has 0 aliphatic carbocycles. The second kappa shape index (κ2) is 11.0. The third-order valence-corrected chi connectivity index (χ3v) is 9.89. The van der Waals surface area contributed by atoms with Crippen molar-refractivity contribution in [1.82, 2.24) is 9.80 Å². The van der Waals surface area contributed by atoms with Gasteiger partial charge in [-0.05, 0) is 31.4 Å². The van der Waals surface area contributed by atoms with Gasteiger partial charge in [0.2, 0.25) is 17.7 Å². The van der Waals surface area contributed by atoms with Crippen LogP contribution >= 0.6 is 11.8 Å². The van der Waals surface area contributed by atoms with Crippen LogP contribution in [-0.4, -0.2) is 81.5 Å². The number of hydrogen-bond donors (Lipinski definition) is 1. The molecule has 0 saturated carbocycles. The topological polar surface area (TPSA) is 81.2 Å². The molecule has 3 amide bonds. The second-order valence-electron chi connectivity index (χ2n) is 10.4. The van der Waals surface area contributed by atoms with Crippen molar-refractivity contribution in [3.63, 3.8) is 0 Å². The van der Waals surface area contributed by atoms with Gasteiger partial charge in [-0.25, -0.2) is 0 Å². The number of anilines is 1. The third kappa shape index (κ3) is 4.52. The first kappa shape index (κ1) is 26.0. The number of likely N-dealkylation sites (tertiary alicyclic amines) is 1. The highest BCUT2D eigenvalue weighted by molar-refractivity contribution is 8.02. The van der Waals surface area contributed by atoms with Gasteiger partial charge in [-0.1, -0.05) is 62.3 Å². The molecule has 1 N–H and O–H groups in total. The Morgan fingerprint density at radius 2 is 1.73 bits per heavy atom. The van der Waals surface area contributed by atoms with Crippen molar-refractivity contribution in [1.29, 1.82) is 0 Å². The Morgan fingerprint density at radius 1 is 0.946 bits per heavy atom. The molecule has 5 rings (SSSR count). The fraction of sp³-hybridized carbons (Fsp3) is 0.552. The Balaban J connectivity index is 1.53. The normalized spacial score (nSPS) is 30.9. The van der Waals surface area contributed by atoms with Crippen molar-refractivity contribution < 1.29 is 19.5 Å². The lowest BCUT2D eigenvalue weighted by Gasteiger charge is -2.35. The highest BCUT2D eigenvalue weighted by atomic mass is 32.2. The summed E-state index contributed by atoms with van der Waals surface area (Å²) in [6, 6.07) is 8.97. The van der Waals surface area contributed by atoms with Gasteiger partial charge in [0.1, 0.15) is 6.04 Å². The van der Waals surface area contributed by atoms with Crippen molar-refractivity contribution >= 4 is 35.2 Å². The van der Waals surface area contributed by atoms with E-state index in [-0.39, 0.29) is 29.6 Å². The number of aliphatic hydroxyl groups is 1. The highest BCUT2D eigenvalue weighted by Crippen LogP contribution is 2.61. The number of thioether (sulfide) groups is 1. The maximum absolute atomic E-state index is 14.2. The van der Waals surface area contributed by atoms with Crippen LogP contribution in [0.15, 0.2) is 54.6 Å². The summed E-state index contributed by atoms with van der Waals surface area (Å²) in [4.78, 5) is 47.8. The van der Waals surface area contributed by atoms with Gasteiger partial charge in [0.15, 0.2) is 0 Å². The molecule has 1 spiro atoms. The molecular formula is C29H37N3O4S. The third-order valence-electron chi connectivity index (χ3n) is 8.15. The van der Waals surface area contributed by atoms with Crippen LogP contribution in [0.3, 0.4) is 0 Å². The van der Waals surface area contributed by atoms with Crippen LogP contribution in [0.1, 0.15) is 39.0 Å². The fourth-order valence-corrected chi connectivity index (χ4v) is 8.42. The number of unbranched alkanes of at least 4 members (excludes halogenated alkanes) is 3. The van der Waals surface area contributed by atoms with Crippen LogP contribution in [0.2, 0.25) is 0 Å². The fourth-order valence-electron chi connectivity index (χ4n) is 6.41. The van der Waals surface area contributed by atoms with E-state index in [9.17, 15) is 19.5 Å². The summed E-state index contributed by atoms with van der Waals surface area (Å²) in [7, 11) is 0. The number of aliphatic hydroxyl groups excluding tert-OH is 1. The lowest BCUT2D eigenvalue weighted by molar-refractivity contribution is -0.142. The lowest BCUT2D eigenvalue weighted by Crippen LogP contribution is -2.53. The van der Waals surface area contributed by atoms with Crippen LogP contribution in [0, 0.1) is 11.8 Å². The zero-order valence-corrected chi connectivity index (χ0v) is 22.3. The summed E-state index contributed by atoms with van der Waals surface area (Å²) in [5, 5.41) is 9.20. The largest absolute Gasteiger partial charge is 0.396 e. The number of hydrogen-bond acceptors (Lipinski definition) is 5. The number of benzene rings is 1. The van der Waals surface area contributed by atoms with Crippen LogP contribution in [-0.2, 0) is 14.4 Å². The SMILES string of the molecule is CCCCCN1CC=C[C@]23S[C@@H]4C=CCN(c5ccccc5)C(=O)[C@@H]4[C@H]2C(=O)N(CCCCO)C3C1=O. The van der Waals surface area contributed by atoms with Gasteiger partial charge in [0.05, 0.1) is 16.6 Å². The van der Waals surface area contributed by atoms with Gasteiger partial charge >= 0.3 is 0 Å². The summed E-state index contributed by atoms with van der Waals surface area (Å²) in [5.41, 5.74) is 0.820. The highest BCUT2D eigenvalue weighted by Gasteiger charge is 2.70. The molecule has 0 radical (unpaired) electrons. The van der Waals surface area contributed by atoms with Crippen molar-refractivity contribution in [2.75, 3.05) is 37.7 Å². The van der Waals surface area contributed by atoms with Gasteiger partial charge in [-0.2, -0.15) is 0 Å². The van der Waals surface area contributed by atoms with Gasteiger partial charge in [0, 0.05) is 43.7 Å². The molecule has 1 unspecified atom stereocenters. The molecule has 4 heterocycles. The standard InChI is InChI=1S/C29H37N3O4S/c1-2-3-7-16-30-17-11-15-29-24(27(35)32(18-8-9-20-33)25(29)28(30)36)23-22(37-29)14-10-19-31(26(23)34)21-12-5-4-6-13-21/h4-6,10-15,22-25,33H,2-3,7-9,16-20H2,1H3/t22-,23+,24+,25?,29+/m1/s1. The lowest BCUT2D eigenvalue weighted by atomic mass is 9.78. The maximum atomic E-state index is 14.2. The first-order valence-electron chi connectivity index (χ1n) is 13.6. The van der Waals surface area contributed by atoms with Crippen LogP contribution in [0.5, 0.6) is 0 Å². The monoisotopic (exact) mass is 523 g/mol. The zero-order chi connectivity index (χ0) is 26.0. The number of para-hydroxylation sites is 1. The van der Waals surface area contributed by atoms with E-state index in [0.29, 0.717) is 39.0 Å². The predicted molar refractivity (Wildman–Crippen MR) is 146 cm³/mol. The minimum absolute atomic E-state index is 0.0127. The number of nitrogens with zero attached hydrogens (tertiary/aromatic N) is 3. The second-order valence-corrected chi connectivity index (χ2v) is 11.9. The Morgan fingerprint density at radius 3 is 2.49 bits per heavy atom. The summed E-state index contributed by atoms with van der Waals surface area (Å²) in [6.07, 6.45) is 12.5. The Labute approximate surface area is 223 Å². The predicted octanol–water partition coefficient (Wildman–Crippen LogP) is 3.25. The van der Waals surface area contributed by atoms with Crippen LogP contribution in [0.4, 0.5) is 5.69 Å². The minimum atomic E-state index is -0.776. The van der Waals surface area contributed by atoms with E-state index < -0.39 is 22.6 Å². The molecule has 0 bridgehead atoms. The molecular weight excluding hydrogens is 486 g/mol. The molecule has 1 aromatic carbocycles. The molecule has 37 heavy (non-hydrogen) atoms. The van der Waals surface area contributed by atoms with E-state index in [1.54, 1.807) is 21.6 Å². The molecule has 0 aromatic heterocycles. The smallest absolute Gasteiger partial charge is 0.247 e. The van der Waals surface area contributed by atoms with Gasteiger partial charge in [0.25, 0.3) is 0 Å². The Hall–Kier alpha value is -2.58. The molecule has 2 saturated heterocycles. The first-order chi connectivity index (χ1) is 18.0. The number of rotatable bonds is 9. The van der Waals surface area contributed by atoms with Crippen molar-refractivity contribution in [2.24, 2.45) is 11.8 Å². The van der Waals surface area contributed by atoms with E-state index in [1.807, 2.05) is 47.4 Å². The van der Waals surface area contributed by atoms with E-state index in [2.05, 4.69) is 19.1 Å². The minimum Gasteiger partial charge on any atom is -0.396 e. The van der Waals surface area contributed by atoms with E-state index in [4.69, 9.17) is 0 Å². The van der Waals surface area contributed by atoms with Gasteiger partial charge < -0.3 is 19.8 Å². The average molecular weight is 524 g/mol. The molecule has 5 atom stereocenters. The molecule has 8 heteroatoms. The van der Waals surface area contributed by atoms with Crippen LogP contribution < -0.4 is 4.90 Å². The summed E-state index contributed by atoms with van der Waals surface area (Å²) in [5.74, 6) is -1.30.